The molecule has 2 rings (SSSR count). The van der Waals surface area contributed by atoms with Gasteiger partial charge in [-0.15, -0.1) is 0 Å². The molecule has 0 aromatic heterocycles. The van der Waals surface area contributed by atoms with E-state index in [9.17, 15) is 0 Å². The van der Waals surface area contributed by atoms with Crippen molar-refractivity contribution in [1.29, 1.82) is 0 Å². The molecule has 2 N–H and O–H groups in total. The first-order valence-corrected chi connectivity index (χ1v) is 7.13. The predicted octanol–water partition coefficient (Wildman–Crippen LogP) is 2.63. The van der Waals surface area contributed by atoms with Gasteiger partial charge in [-0.1, -0.05) is 26.7 Å². The van der Waals surface area contributed by atoms with Gasteiger partial charge in [-0.2, -0.15) is 0 Å². The fourth-order valence-electron chi connectivity index (χ4n) is 3.49. The zero-order chi connectivity index (χ0) is 11.6. The molecule has 0 amide bonds. The van der Waals surface area contributed by atoms with E-state index in [1.54, 1.807) is 0 Å². The van der Waals surface area contributed by atoms with Gasteiger partial charge in [-0.25, -0.2) is 0 Å². The van der Waals surface area contributed by atoms with Crippen LogP contribution in [0, 0.1) is 11.8 Å². The third-order valence-electron chi connectivity index (χ3n) is 4.88. The van der Waals surface area contributed by atoms with Gasteiger partial charge in [-0.05, 0) is 50.6 Å². The number of likely N-dealkylation sites (tertiary alicyclic amines) is 1. The SMILES string of the molecule is CC(C)C1CC(CN)(N2CCCCCC2)C1. The Kier molecular flexibility index (Phi) is 3.91. The minimum Gasteiger partial charge on any atom is -0.329 e. The molecule has 1 saturated carbocycles. The maximum Gasteiger partial charge on any atom is 0.0337 e. The lowest BCUT2D eigenvalue weighted by Gasteiger charge is -2.55. The highest BCUT2D eigenvalue weighted by molar-refractivity contribution is 5.04. The number of hydrogen-bond acceptors (Lipinski definition) is 2. The summed E-state index contributed by atoms with van der Waals surface area (Å²) < 4.78 is 0. The molecule has 94 valence electrons. The zero-order valence-electron chi connectivity index (χ0n) is 11.0. The molecule has 0 aromatic rings. The Morgan fingerprint density at radius 2 is 1.69 bits per heavy atom. The molecule has 0 aromatic carbocycles. The molecule has 0 bridgehead atoms. The van der Waals surface area contributed by atoms with E-state index in [0.717, 1.165) is 18.4 Å². The molecule has 0 spiro atoms. The molecule has 0 atom stereocenters. The van der Waals surface area contributed by atoms with Crippen molar-refractivity contribution in [3.05, 3.63) is 0 Å². The molecule has 0 unspecified atom stereocenters. The summed E-state index contributed by atoms with van der Waals surface area (Å²) in [6.45, 7) is 8.17. The minimum atomic E-state index is 0.388. The molecule has 1 aliphatic carbocycles. The standard InChI is InChI=1S/C14H28N2/c1-12(2)13-9-14(10-13,11-15)16-7-5-3-4-6-8-16/h12-13H,3-11,15H2,1-2H3. The largest absolute Gasteiger partial charge is 0.329 e. The lowest BCUT2D eigenvalue weighted by molar-refractivity contribution is -0.0333. The van der Waals surface area contributed by atoms with E-state index < -0.39 is 0 Å². The number of rotatable bonds is 3. The molecule has 2 heteroatoms. The van der Waals surface area contributed by atoms with Crippen LogP contribution in [0.15, 0.2) is 0 Å². The van der Waals surface area contributed by atoms with Gasteiger partial charge in [0, 0.05) is 12.1 Å². The van der Waals surface area contributed by atoms with Crippen molar-refractivity contribution < 1.29 is 0 Å². The van der Waals surface area contributed by atoms with Crippen LogP contribution in [-0.2, 0) is 0 Å². The van der Waals surface area contributed by atoms with Crippen molar-refractivity contribution in [3.8, 4) is 0 Å². The third-order valence-corrected chi connectivity index (χ3v) is 4.88. The van der Waals surface area contributed by atoms with Gasteiger partial charge in [0.2, 0.25) is 0 Å². The first kappa shape index (κ1) is 12.4. The average Bonchev–Trinajstić information content (AvgIpc) is 2.45. The Bertz CT molecular complexity index is 211. The van der Waals surface area contributed by atoms with Crippen molar-refractivity contribution in [2.75, 3.05) is 19.6 Å². The van der Waals surface area contributed by atoms with Crippen molar-refractivity contribution in [2.24, 2.45) is 17.6 Å². The van der Waals surface area contributed by atoms with Gasteiger partial charge in [0.15, 0.2) is 0 Å². The summed E-state index contributed by atoms with van der Waals surface area (Å²) >= 11 is 0. The van der Waals surface area contributed by atoms with E-state index in [2.05, 4.69) is 18.7 Å². The summed E-state index contributed by atoms with van der Waals surface area (Å²) in [5.74, 6) is 1.76. The molecular weight excluding hydrogens is 196 g/mol. The first-order valence-electron chi connectivity index (χ1n) is 7.13. The molecule has 2 aliphatic rings. The highest BCUT2D eigenvalue weighted by atomic mass is 15.2. The van der Waals surface area contributed by atoms with Crippen LogP contribution in [-0.4, -0.2) is 30.1 Å². The molecule has 1 aliphatic heterocycles. The maximum absolute atomic E-state index is 6.07. The van der Waals surface area contributed by atoms with Crippen molar-refractivity contribution >= 4 is 0 Å². The molecule has 2 nitrogen and oxygen atoms in total. The van der Waals surface area contributed by atoms with E-state index in [-0.39, 0.29) is 0 Å². The monoisotopic (exact) mass is 224 g/mol. The lowest BCUT2D eigenvalue weighted by atomic mass is 9.63. The molecular formula is C14H28N2. The molecule has 0 radical (unpaired) electrons. The Balaban J connectivity index is 1.94. The van der Waals surface area contributed by atoms with Gasteiger partial charge in [-0.3, -0.25) is 4.90 Å². The smallest absolute Gasteiger partial charge is 0.0337 e. The zero-order valence-corrected chi connectivity index (χ0v) is 11.0. The van der Waals surface area contributed by atoms with Crippen LogP contribution in [0.25, 0.3) is 0 Å². The van der Waals surface area contributed by atoms with Gasteiger partial charge in [0.05, 0.1) is 0 Å². The topological polar surface area (TPSA) is 29.3 Å². The fraction of sp³-hybridized carbons (Fsp3) is 1.00. The van der Waals surface area contributed by atoms with Crippen molar-refractivity contribution in [2.45, 2.75) is 57.9 Å². The normalized spacial score (nSPS) is 37.1. The predicted molar refractivity (Wildman–Crippen MR) is 69.4 cm³/mol. The second-order valence-electron chi connectivity index (χ2n) is 6.24. The van der Waals surface area contributed by atoms with Gasteiger partial charge in [0.25, 0.3) is 0 Å². The Hall–Kier alpha value is -0.0800. The second kappa shape index (κ2) is 5.05. The number of hydrogen-bond donors (Lipinski definition) is 1. The molecule has 16 heavy (non-hydrogen) atoms. The van der Waals surface area contributed by atoms with Crippen LogP contribution >= 0.6 is 0 Å². The van der Waals surface area contributed by atoms with Crippen LogP contribution < -0.4 is 5.73 Å². The van der Waals surface area contributed by atoms with E-state index in [1.165, 1.54) is 51.6 Å². The molecule has 1 heterocycles. The lowest BCUT2D eigenvalue weighted by Crippen LogP contribution is -2.62. The average molecular weight is 224 g/mol. The third kappa shape index (κ3) is 2.28. The summed E-state index contributed by atoms with van der Waals surface area (Å²) in [6, 6.07) is 0. The summed E-state index contributed by atoms with van der Waals surface area (Å²) in [6.07, 6.45) is 8.31. The van der Waals surface area contributed by atoms with Gasteiger partial charge in [0.1, 0.15) is 0 Å². The summed E-state index contributed by atoms with van der Waals surface area (Å²) in [5.41, 5.74) is 6.46. The van der Waals surface area contributed by atoms with E-state index >= 15 is 0 Å². The summed E-state index contributed by atoms with van der Waals surface area (Å²) in [5, 5.41) is 0. The van der Waals surface area contributed by atoms with Gasteiger partial charge >= 0.3 is 0 Å². The molecule has 1 saturated heterocycles. The van der Waals surface area contributed by atoms with Crippen LogP contribution in [0.3, 0.4) is 0 Å². The number of nitrogens with zero attached hydrogens (tertiary/aromatic N) is 1. The summed E-state index contributed by atoms with van der Waals surface area (Å²) in [4.78, 5) is 2.72. The fourth-order valence-corrected chi connectivity index (χ4v) is 3.49. The van der Waals surface area contributed by atoms with E-state index in [1.807, 2.05) is 0 Å². The maximum atomic E-state index is 6.07. The highest BCUT2D eigenvalue weighted by Crippen LogP contribution is 2.46. The number of nitrogens with two attached hydrogens (primary N) is 1. The quantitative estimate of drug-likeness (QED) is 0.798. The van der Waals surface area contributed by atoms with Crippen molar-refractivity contribution in [1.82, 2.24) is 4.90 Å². The Morgan fingerprint density at radius 3 is 2.12 bits per heavy atom. The summed E-state index contributed by atoms with van der Waals surface area (Å²) in [7, 11) is 0. The van der Waals surface area contributed by atoms with Crippen LogP contribution in [0.5, 0.6) is 0 Å². The Labute approximate surface area is 101 Å². The Morgan fingerprint density at radius 1 is 1.12 bits per heavy atom. The highest BCUT2D eigenvalue weighted by Gasteiger charge is 2.47. The van der Waals surface area contributed by atoms with Crippen LogP contribution in [0.1, 0.15) is 52.4 Å². The van der Waals surface area contributed by atoms with E-state index in [0.29, 0.717) is 5.54 Å². The minimum absolute atomic E-state index is 0.388. The van der Waals surface area contributed by atoms with Crippen LogP contribution in [0.2, 0.25) is 0 Å². The van der Waals surface area contributed by atoms with Crippen LogP contribution in [0.4, 0.5) is 0 Å². The van der Waals surface area contributed by atoms with Gasteiger partial charge < -0.3 is 5.73 Å². The first-order chi connectivity index (χ1) is 7.68. The second-order valence-corrected chi connectivity index (χ2v) is 6.24. The van der Waals surface area contributed by atoms with Crippen molar-refractivity contribution in [3.63, 3.8) is 0 Å². The van der Waals surface area contributed by atoms with E-state index in [4.69, 9.17) is 5.73 Å². The molecule has 2 fully saturated rings.